The van der Waals surface area contributed by atoms with Crippen LogP contribution in [0.4, 0.5) is 27.5 Å². The van der Waals surface area contributed by atoms with E-state index in [9.17, 15) is 14.4 Å². The first-order valence-corrected chi connectivity index (χ1v) is 11.3. The molecule has 2 aliphatic rings. The maximum absolute atomic E-state index is 12.9. The van der Waals surface area contributed by atoms with E-state index in [1.54, 1.807) is 18.2 Å². The molecule has 34 heavy (non-hydrogen) atoms. The quantitative estimate of drug-likeness (QED) is 0.591. The molecule has 0 saturated carbocycles. The molecule has 1 amide bonds. The second kappa shape index (κ2) is 9.06. The lowest BCUT2D eigenvalue weighted by Crippen LogP contribution is -2.60. The number of nitrogens with zero attached hydrogens (tertiary/aromatic N) is 4. The summed E-state index contributed by atoms with van der Waals surface area (Å²) in [5.41, 5.74) is 1.43. The number of aromatic nitrogens is 2. The Labute approximate surface area is 198 Å². The third kappa shape index (κ3) is 5.20. The van der Waals surface area contributed by atoms with Gasteiger partial charge in [0.15, 0.2) is 6.61 Å². The van der Waals surface area contributed by atoms with E-state index in [2.05, 4.69) is 59.7 Å². The average molecular weight is 468 g/mol. The minimum atomic E-state index is -0.633. The Bertz CT molecular complexity index is 1110. The van der Waals surface area contributed by atoms with E-state index in [0.717, 1.165) is 12.8 Å². The van der Waals surface area contributed by atoms with E-state index >= 15 is 0 Å². The Kier molecular flexibility index (Phi) is 6.32. The molecule has 0 atom stereocenters. The zero-order valence-electron chi connectivity index (χ0n) is 19.9. The Hall–Kier alpha value is -3.45. The summed E-state index contributed by atoms with van der Waals surface area (Å²) < 4.78 is 18.4. The number of amides is 1. The lowest BCUT2D eigenvalue weighted by molar-refractivity contribution is -0.121. The lowest BCUT2D eigenvalue weighted by Gasteiger charge is -2.46. The number of nitrogens with one attached hydrogen (secondary N) is 3. The van der Waals surface area contributed by atoms with Gasteiger partial charge in [0.25, 0.3) is 5.91 Å². The SMILES string of the molecule is CC1(C)CC(Nc2nc(Nc3ccc4c(c3)OCC(=O)N4CCF)ncc2C#N)CC(C)(C)N1. The molecule has 9 nitrogen and oxygen atoms in total. The molecule has 0 radical (unpaired) electrons. The summed E-state index contributed by atoms with van der Waals surface area (Å²) in [6.07, 6.45) is 3.25. The van der Waals surface area contributed by atoms with Crippen LogP contribution in [-0.4, -0.2) is 52.8 Å². The van der Waals surface area contributed by atoms with Crippen molar-refractivity contribution in [2.24, 2.45) is 0 Å². The van der Waals surface area contributed by atoms with Gasteiger partial charge in [-0.3, -0.25) is 4.79 Å². The molecule has 1 aromatic heterocycles. The molecule has 3 heterocycles. The molecule has 0 bridgehead atoms. The number of ether oxygens (including phenoxy) is 1. The van der Waals surface area contributed by atoms with E-state index in [1.165, 1.54) is 11.1 Å². The molecule has 2 aliphatic heterocycles. The fraction of sp³-hybridized carbons (Fsp3) is 0.500. The maximum Gasteiger partial charge on any atom is 0.265 e. The van der Waals surface area contributed by atoms with Crippen LogP contribution in [0.2, 0.25) is 0 Å². The zero-order chi connectivity index (χ0) is 24.5. The Balaban J connectivity index is 1.55. The molecule has 0 aliphatic carbocycles. The first-order chi connectivity index (χ1) is 16.1. The predicted octanol–water partition coefficient (Wildman–Crippen LogP) is 3.51. The van der Waals surface area contributed by atoms with E-state index in [-0.39, 0.29) is 36.2 Å². The van der Waals surface area contributed by atoms with E-state index in [1.807, 2.05) is 0 Å². The van der Waals surface area contributed by atoms with Crippen LogP contribution in [-0.2, 0) is 4.79 Å². The molecular weight excluding hydrogens is 437 g/mol. The highest BCUT2D eigenvalue weighted by atomic mass is 19.1. The van der Waals surface area contributed by atoms with Gasteiger partial charge >= 0.3 is 0 Å². The van der Waals surface area contributed by atoms with Crippen molar-refractivity contribution in [3.05, 3.63) is 30.0 Å². The molecule has 1 saturated heterocycles. The monoisotopic (exact) mass is 467 g/mol. The second-order valence-electron chi connectivity index (χ2n) is 10.0. The smallest absolute Gasteiger partial charge is 0.265 e. The summed E-state index contributed by atoms with van der Waals surface area (Å²) >= 11 is 0. The highest BCUT2D eigenvalue weighted by molar-refractivity contribution is 5.98. The number of hydrogen-bond donors (Lipinski definition) is 3. The van der Waals surface area contributed by atoms with Crippen LogP contribution < -0.4 is 25.6 Å². The van der Waals surface area contributed by atoms with Crippen LogP contribution in [0.3, 0.4) is 0 Å². The number of alkyl halides is 1. The molecule has 1 fully saturated rings. The van der Waals surface area contributed by atoms with Crippen molar-refractivity contribution in [1.82, 2.24) is 15.3 Å². The standard InChI is InChI=1S/C24H30FN7O2/c1-23(2)10-17(11-24(3,4)31-23)28-21-15(12-26)13-27-22(30-21)29-16-5-6-18-19(9-16)34-14-20(33)32(18)8-7-25/h5-6,9,13,17,31H,7-8,10-11,14H2,1-4H3,(H2,27,28,29,30). The van der Waals surface area contributed by atoms with Gasteiger partial charge < -0.3 is 25.6 Å². The predicted molar refractivity (Wildman–Crippen MR) is 128 cm³/mol. The van der Waals surface area contributed by atoms with Crippen molar-refractivity contribution in [2.45, 2.75) is 57.7 Å². The molecular formula is C24H30FN7O2. The molecule has 1 aromatic carbocycles. The summed E-state index contributed by atoms with van der Waals surface area (Å²) in [5, 5.41) is 19.8. The minimum absolute atomic E-state index is 0.0139. The van der Waals surface area contributed by atoms with Crippen molar-refractivity contribution >= 4 is 29.0 Å². The number of hydrogen-bond acceptors (Lipinski definition) is 8. The first-order valence-electron chi connectivity index (χ1n) is 11.3. The number of halogens is 1. The van der Waals surface area contributed by atoms with Gasteiger partial charge in [0.1, 0.15) is 29.9 Å². The third-order valence-electron chi connectivity index (χ3n) is 5.91. The fourth-order valence-corrected chi connectivity index (χ4v) is 4.99. The van der Waals surface area contributed by atoms with Gasteiger partial charge in [-0.25, -0.2) is 9.37 Å². The highest BCUT2D eigenvalue weighted by Crippen LogP contribution is 2.35. The number of nitriles is 1. The van der Waals surface area contributed by atoms with Gasteiger partial charge in [-0.1, -0.05) is 0 Å². The number of carbonyl (C=O) groups excluding carboxylic acids is 1. The molecule has 10 heteroatoms. The number of anilines is 4. The van der Waals surface area contributed by atoms with Crippen LogP contribution in [0, 0.1) is 11.3 Å². The molecule has 4 rings (SSSR count). The number of rotatable bonds is 6. The van der Waals surface area contributed by atoms with Gasteiger partial charge in [0, 0.05) is 28.9 Å². The van der Waals surface area contributed by atoms with Crippen molar-refractivity contribution in [3.8, 4) is 11.8 Å². The van der Waals surface area contributed by atoms with Gasteiger partial charge in [-0.2, -0.15) is 10.2 Å². The van der Waals surface area contributed by atoms with Gasteiger partial charge in [0.2, 0.25) is 5.95 Å². The van der Waals surface area contributed by atoms with E-state index in [4.69, 9.17) is 4.74 Å². The van der Waals surface area contributed by atoms with Crippen LogP contribution in [0.15, 0.2) is 24.4 Å². The number of piperidine rings is 1. The Morgan fingerprint density at radius 2 is 2.03 bits per heavy atom. The van der Waals surface area contributed by atoms with E-state index < -0.39 is 6.67 Å². The molecule has 0 unspecified atom stereocenters. The van der Waals surface area contributed by atoms with Crippen LogP contribution >= 0.6 is 0 Å². The molecule has 0 spiro atoms. The van der Waals surface area contributed by atoms with Crippen molar-refractivity contribution in [1.29, 1.82) is 5.26 Å². The number of carbonyl (C=O) groups is 1. The van der Waals surface area contributed by atoms with Gasteiger partial charge in [0.05, 0.1) is 18.4 Å². The minimum Gasteiger partial charge on any atom is -0.481 e. The highest BCUT2D eigenvalue weighted by Gasteiger charge is 2.38. The van der Waals surface area contributed by atoms with Crippen molar-refractivity contribution in [3.63, 3.8) is 0 Å². The molecule has 2 aromatic rings. The summed E-state index contributed by atoms with van der Waals surface area (Å²) in [6.45, 7) is 7.89. The summed E-state index contributed by atoms with van der Waals surface area (Å²) in [6, 6.07) is 7.47. The lowest BCUT2D eigenvalue weighted by atomic mass is 9.79. The van der Waals surface area contributed by atoms with E-state index in [0.29, 0.717) is 34.5 Å². The third-order valence-corrected chi connectivity index (χ3v) is 5.91. The number of benzene rings is 1. The summed E-state index contributed by atoms with van der Waals surface area (Å²) in [5.74, 6) is 0.999. The zero-order valence-corrected chi connectivity index (χ0v) is 19.9. The van der Waals surface area contributed by atoms with Crippen LogP contribution in [0.1, 0.15) is 46.1 Å². The average Bonchev–Trinajstić information content (AvgIpc) is 2.74. The normalized spacial score (nSPS) is 19.1. The summed E-state index contributed by atoms with van der Waals surface area (Å²) in [4.78, 5) is 22.2. The molecule has 3 N–H and O–H groups in total. The fourth-order valence-electron chi connectivity index (χ4n) is 4.99. The maximum atomic E-state index is 12.9. The summed E-state index contributed by atoms with van der Waals surface area (Å²) in [7, 11) is 0. The van der Waals surface area contributed by atoms with Crippen LogP contribution in [0.25, 0.3) is 0 Å². The second-order valence-corrected chi connectivity index (χ2v) is 10.0. The van der Waals surface area contributed by atoms with Crippen molar-refractivity contribution < 1.29 is 13.9 Å². The topological polar surface area (TPSA) is 115 Å². The number of fused-ring (bicyclic) bond motifs is 1. The van der Waals surface area contributed by atoms with Crippen molar-refractivity contribution in [2.75, 3.05) is 35.4 Å². The first kappa shape index (κ1) is 23.7. The largest absolute Gasteiger partial charge is 0.481 e. The molecule has 180 valence electrons. The van der Waals surface area contributed by atoms with Gasteiger partial charge in [-0.15, -0.1) is 0 Å². The van der Waals surface area contributed by atoms with Crippen LogP contribution in [0.5, 0.6) is 5.75 Å². The Morgan fingerprint density at radius 1 is 1.29 bits per heavy atom. The van der Waals surface area contributed by atoms with Gasteiger partial charge in [-0.05, 0) is 52.7 Å². The Morgan fingerprint density at radius 3 is 2.71 bits per heavy atom.